The Labute approximate surface area is 114 Å². The zero-order valence-electron chi connectivity index (χ0n) is 11.3. The van der Waals surface area contributed by atoms with Crippen molar-refractivity contribution >= 4 is 17.5 Å². The van der Waals surface area contributed by atoms with E-state index in [-0.39, 0.29) is 5.92 Å². The molecule has 2 rings (SSSR count). The monoisotopic (exact) mass is 262 g/mol. The molecule has 0 spiro atoms. The Morgan fingerprint density at radius 2 is 1.89 bits per heavy atom. The summed E-state index contributed by atoms with van der Waals surface area (Å²) >= 11 is 1.67. The molecular weight excluding hydrogens is 240 g/mol. The quantitative estimate of drug-likeness (QED) is 0.572. The number of Topliss-reactive ketones (excluding diaryl/α,β-unsaturated/α-hetero) is 1. The highest BCUT2D eigenvalue weighted by Gasteiger charge is 2.27. The van der Waals surface area contributed by atoms with Gasteiger partial charge in [-0.05, 0) is 43.9 Å². The molecular formula is C16H22OS. The van der Waals surface area contributed by atoms with E-state index in [1.165, 1.54) is 19.3 Å². The van der Waals surface area contributed by atoms with Gasteiger partial charge in [0.15, 0.2) is 5.78 Å². The van der Waals surface area contributed by atoms with Crippen LogP contribution in [0.1, 0.15) is 49.4 Å². The Kier molecular flexibility index (Phi) is 4.87. The lowest BCUT2D eigenvalue weighted by molar-refractivity contribution is 0.0868. The van der Waals surface area contributed by atoms with Gasteiger partial charge in [-0.2, -0.15) is 0 Å². The number of thioether (sulfide) groups is 1. The fourth-order valence-electron chi connectivity index (χ4n) is 2.90. The highest BCUT2D eigenvalue weighted by Crippen LogP contribution is 2.34. The van der Waals surface area contributed by atoms with Crippen LogP contribution in [0.3, 0.4) is 0 Å². The third kappa shape index (κ3) is 2.97. The molecule has 2 heteroatoms. The maximum Gasteiger partial charge on any atom is 0.167 e. The first kappa shape index (κ1) is 13.7. The van der Waals surface area contributed by atoms with Crippen molar-refractivity contribution in [2.45, 2.75) is 43.9 Å². The first-order valence-electron chi connectivity index (χ1n) is 6.93. The van der Waals surface area contributed by atoms with Gasteiger partial charge in [0.1, 0.15) is 0 Å². The predicted octanol–water partition coefficient (Wildman–Crippen LogP) is 4.81. The van der Waals surface area contributed by atoms with Gasteiger partial charge in [-0.1, -0.05) is 31.5 Å². The summed E-state index contributed by atoms with van der Waals surface area (Å²) in [6.45, 7) is 2.26. The van der Waals surface area contributed by atoms with E-state index in [4.69, 9.17) is 0 Å². The maximum atomic E-state index is 12.6. The van der Waals surface area contributed by atoms with Crippen LogP contribution in [0.5, 0.6) is 0 Å². The van der Waals surface area contributed by atoms with Gasteiger partial charge in [0, 0.05) is 16.4 Å². The van der Waals surface area contributed by atoms with Gasteiger partial charge >= 0.3 is 0 Å². The molecule has 0 saturated heterocycles. The molecule has 0 N–H and O–H groups in total. The number of hydrogen-bond acceptors (Lipinski definition) is 2. The number of rotatable bonds is 4. The van der Waals surface area contributed by atoms with E-state index in [0.29, 0.717) is 5.78 Å². The zero-order chi connectivity index (χ0) is 13.0. The smallest absolute Gasteiger partial charge is 0.167 e. The summed E-state index contributed by atoms with van der Waals surface area (Å²) in [7, 11) is 0. The molecule has 0 bridgehead atoms. The van der Waals surface area contributed by atoms with E-state index < -0.39 is 0 Å². The number of carbonyl (C=O) groups excluding carboxylic acids is 1. The average molecular weight is 262 g/mol. The van der Waals surface area contributed by atoms with Crippen molar-refractivity contribution in [3.63, 3.8) is 0 Å². The van der Waals surface area contributed by atoms with Crippen LogP contribution in [-0.4, -0.2) is 12.0 Å². The minimum absolute atomic E-state index is 0.265. The van der Waals surface area contributed by atoms with E-state index in [1.54, 1.807) is 11.8 Å². The van der Waals surface area contributed by atoms with Crippen LogP contribution in [0.25, 0.3) is 0 Å². The number of benzene rings is 1. The average Bonchev–Trinajstić information content (AvgIpc) is 2.46. The molecule has 0 aromatic heterocycles. The molecule has 1 fully saturated rings. The molecule has 1 aromatic carbocycles. The predicted molar refractivity (Wildman–Crippen MR) is 78.3 cm³/mol. The fourth-order valence-corrected chi connectivity index (χ4v) is 3.50. The van der Waals surface area contributed by atoms with Crippen LogP contribution in [0.4, 0.5) is 0 Å². The zero-order valence-corrected chi connectivity index (χ0v) is 12.1. The van der Waals surface area contributed by atoms with Crippen LogP contribution in [-0.2, 0) is 0 Å². The largest absolute Gasteiger partial charge is 0.294 e. The molecule has 0 radical (unpaired) electrons. The van der Waals surface area contributed by atoms with Crippen molar-refractivity contribution in [3.05, 3.63) is 29.8 Å². The SMILES string of the molecule is CCC1CCC(C(=O)c2ccccc2SC)CC1. The molecule has 98 valence electrons. The first-order chi connectivity index (χ1) is 8.76. The second kappa shape index (κ2) is 6.42. The summed E-state index contributed by atoms with van der Waals surface area (Å²) in [5.74, 6) is 1.49. The van der Waals surface area contributed by atoms with Crippen LogP contribution >= 0.6 is 11.8 Å². The third-order valence-electron chi connectivity index (χ3n) is 4.17. The van der Waals surface area contributed by atoms with E-state index in [2.05, 4.69) is 13.0 Å². The molecule has 0 aliphatic heterocycles. The first-order valence-corrected chi connectivity index (χ1v) is 8.16. The maximum absolute atomic E-state index is 12.6. The van der Waals surface area contributed by atoms with Gasteiger partial charge < -0.3 is 0 Å². The molecule has 1 aliphatic rings. The van der Waals surface area contributed by atoms with Gasteiger partial charge in [0.05, 0.1) is 0 Å². The van der Waals surface area contributed by atoms with Crippen molar-refractivity contribution < 1.29 is 4.79 Å². The van der Waals surface area contributed by atoms with Crippen molar-refractivity contribution in [2.24, 2.45) is 11.8 Å². The van der Waals surface area contributed by atoms with E-state index >= 15 is 0 Å². The lowest BCUT2D eigenvalue weighted by Crippen LogP contribution is -2.22. The number of carbonyl (C=O) groups is 1. The van der Waals surface area contributed by atoms with Gasteiger partial charge in [-0.15, -0.1) is 11.8 Å². The topological polar surface area (TPSA) is 17.1 Å². The number of hydrogen-bond donors (Lipinski definition) is 0. The Morgan fingerprint density at radius 1 is 1.22 bits per heavy atom. The summed E-state index contributed by atoms with van der Waals surface area (Å²) < 4.78 is 0. The summed E-state index contributed by atoms with van der Waals surface area (Å²) in [5.41, 5.74) is 0.935. The molecule has 1 aliphatic carbocycles. The van der Waals surface area contributed by atoms with Crippen molar-refractivity contribution in [2.75, 3.05) is 6.26 Å². The van der Waals surface area contributed by atoms with Crippen molar-refractivity contribution in [1.82, 2.24) is 0 Å². The second-order valence-corrected chi connectivity index (χ2v) is 6.04. The van der Waals surface area contributed by atoms with E-state index in [1.807, 2.05) is 24.5 Å². The molecule has 18 heavy (non-hydrogen) atoms. The molecule has 0 unspecified atom stereocenters. The fraction of sp³-hybridized carbons (Fsp3) is 0.562. The standard InChI is InChI=1S/C16H22OS/c1-3-12-8-10-13(11-9-12)16(17)14-6-4-5-7-15(14)18-2/h4-7,12-13H,3,8-11H2,1-2H3. The number of ketones is 1. The summed E-state index contributed by atoms with van der Waals surface area (Å²) in [6, 6.07) is 8.02. The molecule has 1 saturated carbocycles. The normalized spacial score (nSPS) is 23.9. The summed E-state index contributed by atoms with van der Waals surface area (Å²) in [4.78, 5) is 13.7. The Balaban J connectivity index is 2.08. The van der Waals surface area contributed by atoms with Gasteiger partial charge in [0.25, 0.3) is 0 Å². The lowest BCUT2D eigenvalue weighted by atomic mass is 9.78. The van der Waals surface area contributed by atoms with Crippen LogP contribution in [0, 0.1) is 11.8 Å². The van der Waals surface area contributed by atoms with Crippen LogP contribution in [0.15, 0.2) is 29.2 Å². The van der Waals surface area contributed by atoms with E-state index in [0.717, 1.165) is 29.2 Å². The second-order valence-electron chi connectivity index (χ2n) is 5.19. The van der Waals surface area contributed by atoms with Gasteiger partial charge in [-0.25, -0.2) is 0 Å². The van der Waals surface area contributed by atoms with Crippen molar-refractivity contribution in [3.8, 4) is 0 Å². The molecule has 0 heterocycles. The van der Waals surface area contributed by atoms with Crippen LogP contribution < -0.4 is 0 Å². The van der Waals surface area contributed by atoms with Gasteiger partial charge in [0.2, 0.25) is 0 Å². The Hall–Kier alpha value is -0.760. The summed E-state index contributed by atoms with van der Waals surface area (Å²) in [6.07, 6.45) is 7.94. The highest BCUT2D eigenvalue weighted by molar-refractivity contribution is 7.98. The minimum atomic E-state index is 0.265. The van der Waals surface area contributed by atoms with E-state index in [9.17, 15) is 4.79 Å². The molecule has 1 aromatic rings. The Morgan fingerprint density at radius 3 is 2.50 bits per heavy atom. The summed E-state index contributed by atoms with van der Waals surface area (Å²) in [5, 5.41) is 0. The third-order valence-corrected chi connectivity index (χ3v) is 4.96. The van der Waals surface area contributed by atoms with Crippen LogP contribution in [0.2, 0.25) is 0 Å². The molecule has 1 nitrogen and oxygen atoms in total. The van der Waals surface area contributed by atoms with Crippen molar-refractivity contribution in [1.29, 1.82) is 0 Å². The molecule has 0 amide bonds. The lowest BCUT2D eigenvalue weighted by Gasteiger charge is -2.27. The highest BCUT2D eigenvalue weighted by atomic mass is 32.2. The minimum Gasteiger partial charge on any atom is -0.294 e. The Bertz CT molecular complexity index is 405. The van der Waals surface area contributed by atoms with Gasteiger partial charge in [-0.3, -0.25) is 4.79 Å². The molecule has 0 atom stereocenters.